The van der Waals surface area contributed by atoms with E-state index in [0.29, 0.717) is 36.7 Å². The van der Waals surface area contributed by atoms with Gasteiger partial charge in [-0.2, -0.15) is 0 Å². The summed E-state index contributed by atoms with van der Waals surface area (Å²) in [7, 11) is 0. The van der Waals surface area contributed by atoms with Crippen LogP contribution in [0.4, 0.5) is 5.69 Å². The standard InChI is InChI=1S/C29H28N2O3/c1-4-34-25-11-9-22(10-12-25)26-27(30-14-13-21-7-5-6-8-23(21)18-30)29(33)31(28(26)32)24-16-19(2)15-20(3)17-24/h5-12,15-17H,4,13-14,18H2,1-3H3. The largest absolute Gasteiger partial charge is 0.494 e. The first-order valence-corrected chi connectivity index (χ1v) is 11.7. The summed E-state index contributed by atoms with van der Waals surface area (Å²) >= 11 is 0. The lowest BCUT2D eigenvalue weighted by Gasteiger charge is -2.31. The minimum Gasteiger partial charge on any atom is -0.494 e. The molecule has 2 aliphatic heterocycles. The van der Waals surface area contributed by atoms with Crippen LogP contribution >= 0.6 is 0 Å². The summed E-state index contributed by atoms with van der Waals surface area (Å²) in [6.07, 6.45) is 0.835. The number of imide groups is 1. The second-order valence-corrected chi connectivity index (χ2v) is 8.91. The molecule has 34 heavy (non-hydrogen) atoms. The number of carbonyl (C=O) groups excluding carboxylic acids is 2. The number of carbonyl (C=O) groups is 2. The lowest BCUT2D eigenvalue weighted by Crippen LogP contribution is -2.37. The zero-order valence-electron chi connectivity index (χ0n) is 19.8. The molecule has 0 aromatic heterocycles. The summed E-state index contributed by atoms with van der Waals surface area (Å²) in [5.74, 6) is 0.189. The first kappa shape index (κ1) is 22.0. The van der Waals surface area contributed by atoms with Gasteiger partial charge in [0.05, 0.1) is 17.9 Å². The monoisotopic (exact) mass is 452 g/mol. The normalized spacial score (nSPS) is 15.7. The zero-order chi connectivity index (χ0) is 23.8. The first-order chi connectivity index (χ1) is 16.5. The number of rotatable bonds is 5. The van der Waals surface area contributed by atoms with E-state index in [4.69, 9.17) is 4.74 Å². The quantitative estimate of drug-likeness (QED) is 0.509. The number of nitrogens with zero attached hydrogens (tertiary/aromatic N) is 2. The Balaban J connectivity index is 1.61. The maximum Gasteiger partial charge on any atom is 0.282 e. The summed E-state index contributed by atoms with van der Waals surface area (Å²) in [5.41, 5.74) is 6.78. The topological polar surface area (TPSA) is 49.9 Å². The molecule has 5 heteroatoms. The Kier molecular flexibility index (Phi) is 5.70. The van der Waals surface area contributed by atoms with Crippen LogP contribution in [-0.2, 0) is 22.6 Å². The van der Waals surface area contributed by atoms with Crippen molar-refractivity contribution in [3.8, 4) is 5.75 Å². The van der Waals surface area contributed by atoms with E-state index in [2.05, 4.69) is 17.0 Å². The van der Waals surface area contributed by atoms with E-state index < -0.39 is 0 Å². The molecule has 2 aliphatic rings. The van der Waals surface area contributed by atoms with Crippen LogP contribution in [0.1, 0.15) is 34.7 Å². The molecule has 0 aliphatic carbocycles. The second-order valence-electron chi connectivity index (χ2n) is 8.91. The van der Waals surface area contributed by atoms with Crippen LogP contribution in [0, 0.1) is 13.8 Å². The predicted octanol–water partition coefficient (Wildman–Crippen LogP) is 5.04. The van der Waals surface area contributed by atoms with Crippen molar-refractivity contribution in [2.24, 2.45) is 0 Å². The number of hydrogen-bond donors (Lipinski definition) is 0. The van der Waals surface area contributed by atoms with Crippen molar-refractivity contribution in [2.75, 3.05) is 18.1 Å². The van der Waals surface area contributed by atoms with E-state index in [9.17, 15) is 9.59 Å². The second kappa shape index (κ2) is 8.82. The third-order valence-corrected chi connectivity index (χ3v) is 6.42. The van der Waals surface area contributed by atoms with Crippen LogP contribution in [0.2, 0.25) is 0 Å². The van der Waals surface area contributed by atoms with E-state index >= 15 is 0 Å². The van der Waals surface area contributed by atoms with E-state index in [0.717, 1.165) is 28.9 Å². The van der Waals surface area contributed by atoms with Gasteiger partial charge in [-0.3, -0.25) is 9.59 Å². The fourth-order valence-electron chi connectivity index (χ4n) is 4.96. The molecule has 0 saturated heterocycles. The van der Waals surface area contributed by atoms with Crippen LogP contribution < -0.4 is 9.64 Å². The van der Waals surface area contributed by atoms with E-state index in [-0.39, 0.29) is 11.8 Å². The highest BCUT2D eigenvalue weighted by Crippen LogP contribution is 2.37. The average Bonchev–Trinajstić information content (AvgIpc) is 3.08. The van der Waals surface area contributed by atoms with Crippen molar-refractivity contribution in [3.05, 3.63) is 100 Å². The number of benzene rings is 3. The number of amides is 2. The number of fused-ring (bicyclic) bond motifs is 1. The SMILES string of the molecule is CCOc1ccc(C2=C(N3CCc4ccccc4C3)C(=O)N(c3cc(C)cc(C)c3)C2=O)cc1. The third-order valence-electron chi connectivity index (χ3n) is 6.42. The van der Waals surface area contributed by atoms with Gasteiger partial charge in [-0.1, -0.05) is 42.5 Å². The lowest BCUT2D eigenvalue weighted by molar-refractivity contribution is -0.120. The Hall–Kier alpha value is -3.86. The van der Waals surface area contributed by atoms with E-state index in [1.54, 1.807) is 0 Å². The molecule has 0 unspecified atom stereocenters. The van der Waals surface area contributed by atoms with E-state index in [1.807, 2.05) is 75.4 Å². The van der Waals surface area contributed by atoms with Gasteiger partial charge in [0, 0.05) is 13.1 Å². The Morgan fingerprint density at radius 1 is 0.853 bits per heavy atom. The van der Waals surface area contributed by atoms with Crippen molar-refractivity contribution in [1.29, 1.82) is 0 Å². The van der Waals surface area contributed by atoms with Crippen LogP contribution in [0.15, 0.2) is 72.4 Å². The van der Waals surface area contributed by atoms with Gasteiger partial charge in [-0.25, -0.2) is 4.90 Å². The Morgan fingerprint density at radius 3 is 2.21 bits per heavy atom. The highest BCUT2D eigenvalue weighted by Gasteiger charge is 2.43. The Morgan fingerprint density at radius 2 is 1.53 bits per heavy atom. The van der Waals surface area contributed by atoms with Gasteiger partial charge < -0.3 is 9.64 Å². The first-order valence-electron chi connectivity index (χ1n) is 11.7. The fraction of sp³-hybridized carbons (Fsp3) is 0.241. The van der Waals surface area contributed by atoms with Crippen LogP contribution in [0.25, 0.3) is 5.57 Å². The molecule has 5 rings (SSSR count). The number of ether oxygens (including phenoxy) is 1. The van der Waals surface area contributed by atoms with Crippen molar-refractivity contribution in [1.82, 2.24) is 4.90 Å². The maximum atomic E-state index is 13.9. The molecule has 2 heterocycles. The van der Waals surface area contributed by atoms with Gasteiger partial charge in [0.25, 0.3) is 11.8 Å². The highest BCUT2D eigenvalue weighted by molar-refractivity contribution is 6.45. The molecule has 3 aromatic carbocycles. The van der Waals surface area contributed by atoms with E-state index in [1.165, 1.54) is 16.0 Å². The van der Waals surface area contributed by atoms with Gasteiger partial charge in [0.1, 0.15) is 11.4 Å². The van der Waals surface area contributed by atoms with Crippen molar-refractivity contribution in [3.63, 3.8) is 0 Å². The molecule has 3 aromatic rings. The summed E-state index contributed by atoms with van der Waals surface area (Å²) in [5, 5.41) is 0. The molecule has 0 bridgehead atoms. The minimum absolute atomic E-state index is 0.265. The smallest absolute Gasteiger partial charge is 0.282 e. The molecule has 5 nitrogen and oxygen atoms in total. The molecule has 0 radical (unpaired) electrons. The van der Waals surface area contributed by atoms with Gasteiger partial charge in [-0.05, 0) is 79.3 Å². The molecule has 0 saturated carbocycles. The Bertz CT molecular complexity index is 1290. The van der Waals surface area contributed by atoms with Crippen LogP contribution in [0.3, 0.4) is 0 Å². The number of anilines is 1. The molecular formula is C29H28N2O3. The summed E-state index contributed by atoms with van der Waals surface area (Å²) in [4.78, 5) is 31.1. The summed E-state index contributed by atoms with van der Waals surface area (Å²) < 4.78 is 5.58. The van der Waals surface area contributed by atoms with Crippen molar-refractivity contribution >= 4 is 23.1 Å². The van der Waals surface area contributed by atoms with Crippen molar-refractivity contribution in [2.45, 2.75) is 33.7 Å². The molecule has 2 amide bonds. The van der Waals surface area contributed by atoms with Crippen molar-refractivity contribution < 1.29 is 14.3 Å². The highest BCUT2D eigenvalue weighted by atomic mass is 16.5. The number of hydrogen-bond acceptors (Lipinski definition) is 4. The fourth-order valence-corrected chi connectivity index (χ4v) is 4.96. The minimum atomic E-state index is -0.284. The molecule has 0 atom stereocenters. The lowest BCUT2D eigenvalue weighted by atomic mass is 9.98. The molecule has 0 N–H and O–H groups in total. The zero-order valence-corrected chi connectivity index (χ0v) is 19.8. The van der Waals surface area contributed by atoms with Gasteiger partial charge in [-0.15, -0.1) is 0 Å². The molecule has 0 spiro atoms. The number of aryl methyl sites for hydroxylation is 2. The average molecular weight is 453 g/mol. The summed E-state index contributed by atoms with van der Waals surface area (Å²) in [6, 6.07) is 21.6. The van der Waals surface area contributed by atoms with Gasteiger partial charge >= 0.3 is 0 Å². The van der Waals surface area contributed by atoms with Crippen LogP contribution in [0.5, 0.6) is 5.75 Å². The van der Waals surface area contributed by atoms with Crippen LogP contribution in [-0.4, -0.2) is 29.9 Å². The third kappa shape index (κ3) is 3.87. The molecule has 0 fully saturated rings. The molecule has 172 valence electrons. The van der Waals surface area contributed by atoms with Gasteiger partial charge in [0.2, 0.25) is 0 Å². The Labute approximate surface area is 200 Å². The predicted molar refractivity (Wildman–Crippen MR) is 133 cm³/mol. The summed E-state index contributed by atoms with van der Waals surface area (Å²) in [6.45, 7) is 7.75. The molecular weight excluding hydrogens is 424 g/mol. The van der Waals surface area contributed by atoms with Gasteiger partial charge in [0.15, 0.2) is 0 Å². The maximum absolute atomic E-state index is 13.9.